The van der Waals surface area contributed by atoms with Crippen LogP contribution >= 0.6 is 12.4 Å². The molecular weight excluding hydrogens is 291 g/mol. The fourth-order valence-electron chi connectivity index (χ4n) is 2.18. The molecule has 2 N–H and O–H groups in total. The molecule has 1 aromatic rings. The minimum Gasteiger partial charge on any atom is -0.327 e. The molecule has 7 heteroatoms. The van der Waals surface area contributed by atoms with E-state index in [1.807, 2.05) is 0 Å². The van der Waals surface area contributed by atoms with Crippen LogP contribution in [0.25, 0.3) is 0 Å². The van der Waals surface area contributed by atoms with Crippen LogP contribution < -0.4 is 5.73 Å². The topological polar surface area (TPSA) is 63.4 Å². The first-order valence-electron chi connectivity index (χ1n) is 5.93. The predicted molar refractivity (Wildman–Crippen MR) is 74.4 cm³/mol. The summed E-state index contributed by atoms with van der Waals surface area (Å²) in [5, 5.41) is 0. The van der Waals surface area contributed by atoms with Crippen molar-refractivity contribution < 1.29 is 12.8 Å². The van der Waals surface area contributed by atoms with Crippen molar-refractivity contribution in [2.45, 2.75) is 30.7 Å². The quantitative estimate of drug-likeness (QED) is 0.904. The number of nitrogens with zero attached hydrogens (tertiary/aromatic N) is 1. The van der Waals surface area contributed by atoms with Gasteiger partial charge in [-0.3, -0.25) is 0 Å². The van der Waals surface area contributed by atoms with Crippen LogP contribution in [0, 0.1) is 12.7 Å². The number of aryl methyl sites for hydroxylation is 1. The van der Waals surface area contributed by atoms with Crippen LogP contribution in [0.4, 0.5) is 4.39 Å². The summed E-state index contributed by atoms with van der Waals surface area (Å²) < 4.78 is 39.4. The lowest BCUT2D eigenvalue weighted by molar-refractivity contribution is 0.316. The SMILES string of the molecule is Cc1ccc(F)cc1S(=O)(=O)N1CCCC(N)C1.Cl. The van der Waals surface area contributed by atoms with Crippen LogP contribution in [0.5, 0.6) is 0 Å². The molecule has 2 rings (SSSR count). The van der Waals surface area contributed by atoms with E-state index < -0.39 is 15.8 Å². The summed E-state index contributed by atoms with van der Waals surface area (Å²) in [4.78, 5) is 0.0385. The zero-order valence-electron chi connectivity index (χ0n) is 10.7. The van der Waals surface area contributed by atoms with Crippen molar-refractivity contribution in [1.82, 2.24) is 4.31 Å². The lowest BCUT2D eigenvalue weighted by Gasteiger charge is -2.30. The maximum atomic E-state index is 13.2. The number of halogens is 2. The van der Waals surface area contributed by atoms with Crippen LogP contribution in [0.2, 0.25) is 0 Å². The second-order valence-corrected chi connectivity index (χ2v) is 6.58. The van der Waals surface area contributed by atoms with Crippen molar-refractivity contribution in [1.29, 1.82) is 0 Å². The number of nitrogens with two attached hydrogens (primary N) is 1. The lowest BCUT2D eigenvalue weighted by atomic mass is 10.1. The van der Waals surface area contributed by atoms with Gasteiger partial charge in [0, 0.05) is 19.1 Å². The highest BCUT2D eigenvalue weighted by atomic mass is 35.5. The van der Waals surface area contributed by atoms with Crippen molar-refractivity contribution in [2.24, 2.45) is 5.73 Å². The van der Waals surface area contributed by atoms with Crippen molar-refractivity contribution >= 4 is 22.4 Å². The van der Waals surface area contributed by atoms with Gasteiger partial charge >= 0.3 is 0 Å². The fourth-order valence-corrected chi connectivity index (χ4v) is 3.95. The summed E-state index contributed by atoms with van der Waals surface area (Å²) in [7, 11) is -3.63. The third-order valence-electron chi connectivity index (χ3n) is 3.19. The molecule has 19 heavy (non-hydrogen) atoms. The molecule has 0 bridgehead atoms. The Morgan fingerprint density at radius 2 is 2.11 bits per heavy atom. The number of sulfonamides is 1. The van der Waals surface area contributed by atoms with Crippen molar-refractivity contribution in [3.63, 3.8) is 0 Å². The molecule has 1 aromatic carbocycles. The van der Waals surface area contributed by atoms with Crippen molar-refractivity contribution in [2.75, 3.05) is 13.1 Å². The molecule has 1 aliphatic rings. The highest BCUT2D eigenvalue weighted by Gasteiger charge is 2.30. The van der Waals surface area contributed by atoms with Gasteiger partial charge in [0.25, 0.3) is 0 Å². The summed E-state index contributed by atoms with van der Waals surface area (Å²) in [5.41, 5.74) is 6.34. The van der Waals surface area contributed by atoms with E-state index in [-0.39, 0.29) is 23.3 Å². The van der Waals surface area contributed by atoms with Crippen LogP contribution in [-0.4, -0.2) is 31.9 Å². The molecule has 0 aliphatic carbocycles. The van der Waals surface area contributed by atoms with Crippen LogP contribution in [0.3, 0.4) is 0 Å². The molecule has 1 unspecified atom stereocenters. The monoisotopic (exact) mass is 308 g/mol. The average molecular weight is 309 g/mol. The summed E-state index contributed by atoms with van der Waals surface area (Å²) in [5.74, 6) is -0.541. The Kier molecular flexibility index (Phi) is 5.32. The van der Waals surface area contributed by atoms with E-state index in [9.17, 15) is 12.8 Å². The Morgan fingerprint density at radius 1 is 1.42 bits per heavy atom. The van der Waals surface area contributed by atoms with E-state index in [2.05, 4.69) is 0 Å². The fraction of sp³-hybridized carbons (Fsp3) is 0.500. The third-order valence-corrected chi connectivity index (χ3v) is 5.20. The van der Waals surface area contributed by atoms with E-state index in [0.29, 0.717) is 18.7 Å². The predicted octanol–water partition coefficient (Wildman–Crippen LogP) is 1.67. The third kappa shape index (κ3) is 3.45. The first-order valence-corrected chi connectivity index (χ1v) is 7.37. The summed E-state index contributed by atoms with van der Waals surface area (Å²) in [6, 6.07) is 3.68. The average Bonchev–Trinajstić information content (AvgIpc) is 2.32. The van der Waals surface area contributed by atoms with Gasteiger partial charge in [0.15, 0.2) is 0 Å². The molecule has 0 aromatic heterocycles. The molecule has 1 atom stereocenters. The molecular formula is C12H18ClFN2O2S. The molecule has 0 saturated carbocycles. The number of piperidine rings is 1. The maximum Gasteiger partial charge on any atom is 0.243 e. The Balaban J connectivity index is 0.00000180. The van der Waals surface area contributed by atoms with Gasteiger partial charge in [-0.15, -0.1) is 12.4 Å². The molecule has 1 aliphatic heterocycles. The molecule has 0 amide bonds. The number of hydrogen-bond donors (Lipinski definition) is 1. The van der Waals surface area contributed by atoms with Gasteiger partial charge in [0.1, 0.15) is 5.82 Å². The standard InChI is InChI=1S/C12H17FN2O2S.ClH/c1-9-4-5-10(13)7-12(9)18(16,17)15-6-2-3-11(14)8-15;/h4-5,7,11H,2-3,6,8,14H2,1H3;1H. The summed E-state index contributed by atoms with van der Waals surface area (Å²) >= 11 is 0. The van der Waals surface area contributed by atoms with Gasteiger partial charge in [-0.25, -0.2) is 12.8 Å². The summed E-state index contributed by atoms with van der Waals surface area (Å²) in [6.07, 6.45) is 1.57. The Hall–Kier alpha value is -0.690. The minimum absolute atomic E-state index is 0. The Bertz CT molecular complexity index is 551. The second-order valence-electron chi connectivity index (χ2n) is 4.68. The molecule has 0 radical (unpaired) electrons. The van der Waals surface area contributed by atoms with Gasteiger partial charge in [0.05, 0.1) is 4.90 Å². The smallest absolute Gasteiger partial charge is 0.243 e. The minimum atomic E-state index is -3.63. The van der Waals surface area contributed by atoms with E-state index in [0.717, 1.165) is 18.9 Å². The van der Waals surface area contributed by atoms with Gasteiger partial charge in [-0.05, 0) is 37.5 Å². The van der Waals surface area contributed by atoms with E-state index in [1.54, 1.807) is 6.92 Å². The zero-order chi connectivity index (χ0) is 13.3. The maximum absolute atomic E-state index is 13.2. The molecule has 4 nitrogen and oxygen atoms in total. The van der Waals surface area contributed by atoms with Gasteiger partial charge in [-0.2, -0.15) is 4.31 Å². The van der Waals surface area contributed by atoms with E-state index in [4.69, 9.17) is 5.73 Å². The van der Waals surface area contributed by atoms with Crippen molar-refractivity contribution in [3.05, 3.63) is 29.6 Å². The van der Waals surface area contributed by atoms with Crippen LogP contribution in [0.1, 0.15) is 18.4 Å². The van der Waals surface area contributed by atoms with Crippen LogP contribution in [-0.2, 0) is 10.0 Å². The highest BCUT2D eigenvalue weighted by molar-refractivity contribution is 7.89. The summed E-state index contributed by atoms with van der Waals surface area (Å²) in [6.45, 7) is 2.42. The first-order chi connectivity index (χ1) is 8.41. The molecule has 108 valence electrons. The molecule has 1 fully saturated rings. The number of benzene rings is 1. The van der Waals surface area contributed by atoms with Gasteiger partial charge in [-0.1, -0.05) is 6.07 Å². The van der Waals surface area contributed by atoms with Crippen LogP contribution in [0.15, 0.2) is 23.1 Å². The molecule has 0 spiro atoms. The normalized spacial score (nSPS) is 20.9. The first kappa shape index (κ1) is 16.4. The van der Waals surface area contributed by atoms with E-state index >= 15 is 0 Å². The molecule has 1 saturated heterocycles. The van der Waals surface area contributed by atoms with Crippen molar-refractivity contribution in [3.8, 4) is 0 Å². The number of hydrogen-bond acceptors (Lipinski definition) is 3. The second kappa shape index (κ2) is 6.17. The number of rotatable bonds is 2. The highest BCUT2D eigenvalue weighted by Crippen LogP contribution is 2.23. The Morgan fingerprint density at radius 3 is 2.74 bits per heavy atom. The lowest BCUT2D eigenvalue weighted by Crippen LogP contribution is -2.45. The Labute approximate surface area is 119 Å². The van der Waals surface area contributed by atoms with Gasteiger partial charge in [0.2, 0.25) is 10.0 Å². The zero-order valence-corrected chi connectivity index (χ0v) is 12.3. The molecule has 1 heterocycles. The van der Waals surface area contributed by atoms with E-state index in [1.165, 1.54) is 16.4 Å². The largest absolute Gasteiger partial charge is 0.327 e. The van der Waals surface area contributed by atoms with Gasteiger partial charge < -0.3 is 5.73 Å².